The number of halogens is 1. The zero-order chi connectivity index (χ0) is 16.2. The third-order valence-corrected chi connectivity index (χ3v) is 4.22. The van der Waals surface area contributed by atoms with Crippen molar-refractivity contribution in [1.82, 2.24) is 4.90 Å². The molecular weight excluding hydrogens is 297 g/mol. The van der Waals surface area contributed by atoms with Gasteiger partial charge in [0.1, 0.15) is 11.6 Å². The summed E-state index contributed by atoms with van der Waals surface area (Å²) in [5, 5.41) is 0. The highest BCUT2D eigenvalue weighted by Crippen LogP contribution is 2.27. The molecule has 1 fully saturated rings. The molecule has 2 aromatic rings. The maximum atomic E-state index is 12.8. The van der Waals surface area contributed by atoms with Gasteiger partial charge in [0.05, 0.1) is 6.26 Å². The third kappa shape index (κ3) is 3.67. The Morgan fingerprint density at radius 2 is 1.96 bits per heavy atom. The lowest BCUT2D eigenvalue weighted by molar-refractivity contribution is -0.130. The van der Waals surface area contributed by atoms with Crippen molar-refractivity contribution in [3.05, 3.63) is 59.8 Å². The number of hydrogen-bond acceptors (Lipinski definition) is 3. The number of carbonyl (C=O) groups excluding carboxylic acids is 2. The number of likely N-dealkylation sites (tertiary alicyclic amines) is 1. The molecule has 1 aliphatic rings. The Labute approximate surface area is 133 Å². The maximum Gasteiger partial charge on any atom is 0.223 e. The smallest absolute Gasteiger partial charge is 0.223 e. The van der Waals surface area contributed by atoms with Crippen molar-refractivity contribution in [2.24, 2.45) is 0 Å². The second-order valence-corrected chi connectivity index (χ2v) is 5.77. The normalized spacial score (nSPS) is 17.4. The first-order valence-corrected chi connectivity index (χ1v) is 7.73. The summed E-state index contributed by atoms with van der Waals surface area (Å²) in [6.45, 7) is 1.33. The highest BCUT2D eigenvalue weighted by atomic mass is 19.1. The molecule has 1 aromatic heterocycles. The SMILES string of the molecule is O=C(CCC(=O)N1CCC(c2ccco2)C1)c1ccc(F)cc1. The van der Waals surface area contributed by atoms with Crippen LogP contribution in [0, 0.1) is 5.82 Å². The minimum absolute atomic E-state index is 0.0190. The van der Waals surface area contributed by atoms with Crippen LogP contribution in [-0.2, 0) is 4.79 Å². The van der Waals surface area contributed by atoms with Gasteiger partial charge in [0, 0.05) is 37.4 Å². The van der Waals surface area contributed by atoms with Crippen LogP contribution in [-0.4, -0.2) is 29.7 Å². The Bertz CT molecular complexity index is 679. The van der Waals surface area contributed by atoms with Gasteiger partial charge in [0.25, 0.3) is 0 Å². The quantitative estimate of drug-likeness (QED) is 0.795. The second kappa shape index (κ2) is 6.77. The molecule has 1 saturated heterocycles. The van der Waals surface area contributed by atoms with Gasteiger partial charge in [-0.25, -0.2) is 4.39 Å². The minimum Gasteiger partial charge on any atom is -0.469 e. The number of hydrogen-bond donors (Lipinski definition) is 0. The molecule has 1 atom stereocenters. The lowest BCUT2D eigenvalue weighted by Gasteiger charge is -2.15. The first-order valence-electron chi connectivity index (χ1n) is 7.73. The third-order valence-electron chi connectivity index (χ3n) is 4.22. The van der Waals surface area contributed by atoms with Crippen LogP contribution in [0.15, 0.2) is 47.1 Å². The summed E-state index contributed by atoms with van der Waals surface area (Å²) in [5.74, 6) is 0.609. The zero-order valence-electron chi connectivity index (χ0n) is 12.7. The fraction of sp³-hybridized carbons (Fsp3) is 0.333. The molecule has 0 aliphatic carbocycles. The molecule has 1 amide bonds. The van der Waals surface area contributed by atoms with Crippen molar-refractivity contribution in [1.29, 1.82) is 0 Å². The van der Waals surface area contributed by atoms with E-state index in [0.717, 1.165) is 12.2 Å². The van der Waals surface area contributed by atoms with E-state index in [0.29, 0.717) is 18.7 Å². The molecule has 1 aromatic carbocycles. The fourth-order valence-corrected chi connectivity index (χ4v) is 2.90. The number of rotatable bonds is 5. The summed E-state index contributed by atoms with van der Waals surface area (Å²) in [6.07, 6.45) is 2.85. The van der Waals surface area contributed by atoms with Gasteiger partial charge in [0.15, 0.2) is 5.78 Å². The number of nitrogens with zero attached hydrogens (tertiary/aromatic N) is 1. The van der Waals surface area contributed by atoms with Crippen molar-refractivity contribution in [2.45, 2.75) is 25.2 Å². The number of ketones is 1. The van der Waals surface area contributed by atoms with E-state index >= 15 is 0 Å². The molecule has 0 spiro atoms. The molecule has 0 bridgehead atoms. The Kier molecular flexibility index (Phi) is 4.55. The first-order chi connectivity index (χ1) is 11.1. The van der Waals surface area contributed by atoms with E-state index < -0.39 is 0 Å². The zero-order valence-corrected chi connectivity index (χ0v) is 12.7. The number of carbonyl (C=O) groups is 2. The van der Waals surface area contributed by atoms with Crippen molar-refractivity contribution >= 4 is 11.7 Å². The Morgan fingerprint density at radius 1 is 1.17 bits per heavy atom. The molecule has 5 heteroatoms. The van der Waals surface area contributed by atoms with Crippen LogP contribution in [0.3, 0.4) is 0 Å². The molecule has 120 valence electrons. The minimum atomic E-state index is -0.376. The summed E-state index contributed by atoms with van der Waals surface area (Å²) >= 11 is 0. The predicted molar refractivity (Wildman–Crippen MR) is 82.6 cm³/mol. The monoisotopic (exact) mass is 315 g/mol. The van der Waals surface area contributed by atoms with E-state index in [1.54, 1.807) is 11.2 Å². The van der Waals surface area contributed by atoms with Crippen molar-refractivity contribution in [2.75, 3.05) is 13.1 Å². The van der Waals surface area contributed by atoms with Crippen LogP contribution in [0.4, 0.5) is 4.39 Å². The highest BCUT2D eigenvalue weighted by Gasteiger charge is 2.28. The topological polar surface area (TPSA) is 50.5 Å². The maximum absolute atomic E-state index is 12.8. The summed E-state index contributed by atoms with van der Waals surface area (Å²) in [4.78, 5) is 26.0. The fourth-order valence-electron chi connectivity index (χ4n) is 2.90. The summed E-state index contributed by atoms with van der Waals surface area (Å²) in [6, 6.07) is 9.18. The van der Waals surface area contributed by atoms with Crippen LogP contribution >= 0.6 is 0 Å². The average molecular weight is 315 g/mol. The average Bonchev–Trinajstić information content (AvgIpc) is 3.23. The standard InChI is InChI=1S/C18H18FNO3/c19-15-5-3-13(4-6-15)16(21)7-8-18(22)20-10-9-14(12-20)17-2-1-11-23-17/h1-6,11,14H,7-10,12H2. The lowest BCUT2D eigenvalue weighted by Crippen LogP contribution is -2.28. The number of benzene rings is 1. The molecule has 1 unspecified atom stereocenters. The van der Waals surface area contributed by atoms with Crippen molar-refractivity contribution in [3.63, 3.8) is 0 Å². The van der Waals surface area contributed by atoms with E-state index in [4.69, 9.17) is 4.42 Å². The van der Waals surface area contributed by atoms with E-state index in [1.807, 2.05) is 12.1 Å². The molecule has 0 saturated carbocycles. The summed E-state index contributed by atoms with van der Waals surface area (Å²) in [5.41, 5.74) is 0.439. The molecule has 0 N–H and O–H groups in total. The van der Waals surface area contributed by atoms with Gasteiger partial charge in [-0.2, -0.15) is 0 Å². The van der Waals surface area contributed by atoms with Gasteiger partial charge in [-0.05, 0) is 42.8 Å². The van der Waals surface area contributed by atoms with E-state index in [2.05, 4.69) is 0 Å². The van der Waals surface area contributed by atoms with Gasteiger partial charge >= 0.3 is 0 Å². The van der Waals surface area contributed by atoms with Gasteiger partial charge in [-0.1, -0.05) is 0 Å². The molecule has 23 heavy (non-hydrogen) atoms. The number of amides is 1. The molecule has 4 nitrogen and oxygen atoms in total. The van der Waals surface area contributed by atoms with E-state index in [9.17, 15) is 14.0 Å². The molecule has 2 heterocycles. The summed E-state index contributed by atoms with van der Waals surface area (Å²) < 4.78 is 18.2. The van der Waals surface area contributed by atoms with Gasteiger partial charge in [-0.15, -0.1) is 0 Å². The Balaban J connectivity index is 1.50. The lowest BCUT2D eigenvalue weighted by atomic mass is 10.1. The first kappa shape index (κ1) is 15.5. The Hall–Kier alpha value is -2.43. The number of furan rings is 1. The van der Waals surface area contributed by atoms with Crippen LogP contribution in [0.2, 0.25) is 0 Å². The predicted octanol–water partition coefficient (Wildman–Crippen LogP) is 3.40. The van der Waals surface area contributed by atoms with Gasteiger partial charge in [-0.3, -0.25) is 9.59 Å². The van der Waals surface area contributed by atoms with Crippen molar-refractivity contribution < 1.29 is 18.4 Å². The largest absolute Gasteiger partial charge is 0.469 e. The number of Topliss-reactive ketones (excluding diaryl/α,β-unsaturated/α-hetero) is 1. The van der Waals surface area contributed by atoms with Crippen LogP contribution in [0.25, 0.3) is 0 Å². The van der Waals surface area contributed by atoms with Crippen LogP contribution < -0.4 is 0 Å². The van der Waals surface area contributed by atoms with E-state index in [-0.39, 0.29) is 36.3 Å². The molecule has 0 radical (unpaired) electrons. The molecule has 1 aliphatic heterocycles. The highest BCUT2D eigenvalue weighted by molar-refractivity contribution is 5.97. The molecular formula is C18H18FNO3. The van der Waals surface area contributed by atoms with Crippen molar-refractivity contribution in [3.8, 4) is 0 Å². The van der Waals surface area contributed by atoms with Crippen LogP contribution in [0.5, 0.6) is 0 Å². The van der Waals surface area contributed by atoms with Gasteiger partial charge < -0.3 is 9.32 Å². The summed E-state index contributed by atoms with van der Waals surface area (Å²) in [7, 11) is 0. The van der Waals surface area contributed by atoms with Gasteiger partial charge in [0.2, 0.25) is 5.91 Å². The van der Waals surface area contributed by atoms with Crippen LogP contribution in [0.1, 0.15) is 41.3 Å². The second-order valence-electron chi connectivity index (χ2n) is 5.77. The Morgan fingerprint density at radius 3 is 2.65 bits per heavy atom. The van der Waals surface area contributed by atoms with E-state index in [1.165, 1.54) is 24.3 Å². The molecule has 3 rings (SSSR count).